The minimum atomic E-state index is -0.410. The number of carbonyl (C=O) groups is 1. The van der Waals surface area contributed by atoms with Crippen molar-refractivity contribution in [3.63, 3.8) is 0 Å². The standard InChI is InChI=1S/C10H14N4O3/c1-17-10(16)14-3-2-6-7(5-14)12-8(4-11)13-9(6)15/h2-5,11H2,1H3,(H,12,13,15). The summed E-state index contributed by atoms with van der Waals surface area (Å²) >= 11 is 0. The van der Waals surface area contributed by atoms with Gasteiger partial charge in [0.2, 0.25) is 0 Å². The molecule has 0 aliphatic carbocycles. The predicted octanol–water partition coefficient (Wildman–Crippen LogP) is -0.647. The second-order valence-electron chi connectivity index (χ2n) is 3.78. The van der Waals surface area contributed by atoms with Crippen LogP contribution >= 0.6 is 0 Å². The fourth-order valence-electron chi connectivity index (χ4n) is 1.87. The number of hydrogen-bond acceptors (Lipinski definition) is 5. The topological polar surface area (TPSA) is 101 Å². The Bertz CT molecular complexity index is 497. The first-order valence-corrected chi connectivity index (χ1v) is 5.29. The highest BCUT2D eigenvalue weighted by Crippen LogP contribution is 2.14. The molecule has 92 valence electrons. The number of nitrogens with one attached hydrogen (secondary N) is 1. The van der Waals surface area contributed by atoms with Crippen LogP contribution < -0.4 is 11.3 Å². The molecule has 2 heterocycles. The molecule has 1 aliphatic heterocycles. The van der Waals surface area contributed by atoms with Crippen LogP contribution in [0.2, 0.25) is 0 Å². The van der Waals surface area contributed by atoms with Crippen LogP contribution in [0.25, 0.3) is 0 Å². The molecule has 0 atom stereocenters. The summed E-state index contributed by atoms with van der Waals surface area (Å²) in [4.78, 5) is 31.4. The van der Waals surface area contributed by atoms with Crippen molar-refractivity contribution < 1.29 is 9.53 Å². The summed E-state index contributed by atoms with van der Waals surface area (Å²) in [7, 11) is 1.33. The van der Waals surface area contributed by atoms with Crippen molar-refractivity contribution in [2.24, 2.45) is 5.73 Å². The third-order valence-corrected chi connectivity index (χ3v) is 2.75. The molecular weight excluding hydrogens is 224 g/mol. The number of aromatic amines is 1. The molecule has 0 saturated carbocycles. The molecule has 1 aromatic heterocycles. The molecule has 17 heavy (non-hydrogen) atoms. The number of rotatable bonds is 1. The summed E-state index contributed by atoms with van der Waals surface area (Å²) in [5.41, 5.74) is 6.50. The molecule has 0 saturated heterocycles. The number of hydrogen-bond donors (Lipinski definition) is 2. The van der Waals surface area contributed by atoms with E-state index in [1.54, 1.807) is 0 Å². The van der Waals surface area contributed by atoms with Crippen LogP contribution in [0.1, 0.15) is 17.1 Å². The van der Waals surface area contributed by atoms with Crippen LogP contribution in [0.5, 0.6) is 0 Å². The number of H-pyrrole nitrogens is 1. The van der Waals surface area contributed by atoms with Gasteiger partial charge >= 0.3 is 6.09 Å². The van der Waals surface area contributed by atoms with Gasteiger partial charge in [-0.25, -0.2) is 9.78 Å². The van der Waals surface area contributed by atoms with Gasteiger partial charge in [0.1, 0.15) is 5.82 Å². The van der Waals surface area contributed by atoms with Crippen LogP contribution in [-0.2, 0) is 24.2 Å². The SMILES string of the molecule is COC(=O)N1CCc2c(nc(CN)[nH]c2=O)C1. The van der Waals surface area contributed by atoms with E-state index in [1.165, 1.54) is 12.0 Å². The molecule has 0 spiro atoms. The minimum absolute atomic E-state index is 0.167. The average Bonchev–Trinajstić information content (AvgIpc) is 2.36. The van der Waals surface area contributed by atoms with Gasteiger partial charge in [-0.15, -0.1) is 0 Å². The van der Waals surface area contributed by atoms with E-state index in [1.807, 2.05) is 0 Å². The van der Waals surface area contributed by atoms with E-state index < -0.39 is 6.09 Å². The van der Waals surface area contributed by atoms with Crippen LogP contribution in [0, 0.1) is 0 Å². The van der Waals surface area contributed by atoms with E-state index in [0.29, 0.717) is 36.6 Å². The second-order valence-corrected chi connectivity index (χ2v) is 3.78. The molecule has 3 N–H and O–H groups in total. The number of aromatic nitrogens is 2. The number of amides is 1. The maximum absolute atomic E-state index is 11.7. The largest absolute Gasteiger partial charge is 0.453 e. The fraction of sp³-hybridized carbons (Fsp3) is 0.500. The number of fused-ring (bicyclic) bond motifs is 1. The molecule has 2 rings (SSSR count). The van der Waals surface area contributed by atoms with E-state index >= 15 is 0 Å². The van der Waals surface area contributed by atoms with Crippen LogP contribution in [0.3, 0.4) is 0 Å². The summed E-state index contributed by atoms with van der Waals surface area (Å²) in [5.74, 6) is 0.431. The zero-order chi connectivity index (χ0) is 12.4. The van der Waals surface area contributed by atoms with Gasteiger partial charge in [0.25, 0.3) is 5.56 Å². The molecule has 0 fully saturated rings. The number of ether oxygens (including phenoxy) is 1. The van der Waals surface area contributed by atoms with E-state index in [2.05, 4.69) is 14.7 Å². The lowest BCUT2D eigenvalue weighted by Gasteiger charge is -2.26. The first kappa shape index (κ1) is 11.6. The predicted molar refractivity (Wildman–Crippen MR) is 59.3 cm³/mol. The number of nitrogens with two attached hydrogens (primary N) is 1. The summed E-state index contributed by atoms with van der Waals surface area (Å²) in [6.45, 7) is 0.923. The normalized spacial score (nSPS) is 14.4. The van der Waals surface area contributed by atoms with Gasteiger partial charge in [0, 0.05) is 12.1 Å². The molecule has 7 nitrogen and oxygen atoms in total. The van der Waals surface area contributed by atoms with Gasteiger partial charge in [0.15, 0.2) is 0 Å². The van der Waals surface area contributed by atoms with Crippen molar-refractivity contribution >= 4 is 6.09 Å². The smallest absolute Gasteiger partial charge is 0.409 e. The lowest BCUT2D eigenvalue weighted by atomic mass is 10.1. The third-order valence-electron chi connectivity index (χ3n) is 2.75. The van der Waals surface area contributed by atoms with E-state index in [9.17, 15) is 9.59 Å². The van der Waals surface area contributed by atoms with E-state index in [-0.39, 0.29) is 12.1 Å². The lowest BCUT2D eigenvalue weighted by molar-refractivity contribution is 0.117. The van der Waals surface area contributed by atoms with Crippen molar-refractivity contribution in [3.05, 3.63) is 27.4 Å². The van der Waals surface area contributed by atoms with Crippen molar-refractivity contribution in [2.75, 3.05) is 13.7 Å². The Morgan fingerprint density at radius 1 is 1.65 bits per heavy atom. The monoisotopic (exact) mass is 238 g/mol. The van der Waals surface area contributed by atoms with E-state index in [4.69, 9.17) is 5.73 Å². The first-order valence-electron chi connectivity index (χ1n) is 5.29. The number of carbonyl (C=O) groups excluding carboxylic acids is 1. The Labute approximate surface area is 97.6 Å². The van der Waals surface area contributed by atoms with Gasteiger partial charge in [-0.05, 0) is 6.42 Å². The summed E-state index contributed by atoms with van der Waals surface area (Å²) in [5, 5.41) is 0. The first-order chi connectivity index (χ1) is 8.15. The number of methoxy groups -OCH3 is 1. The molecule has 0 unspecified atom stereocenters. The molecule has 0 bridgehead atoms. The summed E-state index contributed by atoms with van der Waals surface area (Å²) < 4.78 is 4.64. The maximum atomic E-state index is 11.7. The molecule has 1 amide bonds. The third kappa shape index (κ3) is 2.14. The Kier molecular flexibility index (Phi) is 3.10. The highest BCUT2D eigenvalue weighted by molar-refractivity contribution is 5.67. The van der Waals surface area contributed by atoms with Crippen LogP contribution in [-0.4, -0.2) is 34.6 Å². The Hall–Kier alpha value is -1.89. The number of nitrogens with zero attached hydrogens (tertiary/aromatic N) is 2. The zero-order valence-electron chi connectivity index (χ0n) is 9.52. The van der Waals surface area contributed by atoms with Gasteiger partial charge in [-0.3, -0.25) is 4.79 Å². The molecule has 7 heteroatoms. The van der Waals surface area contributed by atoms with Crippen LogP contribution in [0.4, 0.5) is 4.79 Å². The van der Waals surface area contributed by atoms with E-state index in [0.717, 1.165) is 0 Å². The molecule has 0 radical (unpaired) electrons. The summed E-state index contributed by atoms with van der Waals surface area (Å²) in [6.07, 6.45) is 0.0736. The maximum Gasteiger partial charge on any atom is 0.409 e. The molecule has 0 aromatic carbocycles. The average molecular weight is 238 g/mol. The van der Waals surface area contributed by atoms with Gasteiger partial charge < -0.3 is 20.4 Å². The van der Waals surface area contributed by atoms with Crippen molar-refractivity contribution in [1.82, 2.24) is 14.9 Å². The quantitative estimate of drug-likeness (QED) is 0.677. The lowest BCUT2D eigenvalue weighted by Crippen LogP contribution is -2.39. The fourth-order valence-corrected chi connectivity index (χ4v) is 1.87. The Morgan fingerprint density at radius 3 is 3.06 bits per heavy atom. The molecule has 1 aliphatic rings. The highest BCUT2D eigenvalue weighted by atomic mass is 16.5. The zero-order valence-corrected chi connectivity index (χ0v) is 9.52. The van der Waals surface area contributed by atoms with Crippen molar-refractivity contribution in [3.8, 4) is 0 Å². The van der Waals surface area contributed by atoms with Gasteiger partial charge in [-0.1, -0.05) is 0 Å². The second kappa shape index (κ2) is 4.54. The molecule has 1 aromatic rings. The van der Waals surface area contributed by atoms with Crippen molar-refractivity contribution in [2.45, 2.75) is 19.5 Å². The van der Waals surface area contributed by atoms with Gasteiger partial charge in [-0.2, -0.15) is 0 Å². The summed E-state index contributed by atoms with van der Waals surface area (Å²) in [6, 6.07) is 0. The Morgan fingerprint density at radius 2 is 2.41 bits per heavy atom. The van der Waals surface area contributed by atoms with Crippen molar-refractivity contribution in [1.29, 1.82) is 0 Å². The molecular formula is C10H14N4O3. The van der Waals surface area contributed by atoms with Gasteiger partial charge in [0.05, 0.1) is 25.9 Å². The van der Waals surface area contributed by atoms with Crippen LogP contribution in [0.15, 0.2) is 4.79 Å². The Balaban J connectivity index is 2.33. The highest BCUT2D eigenvalue weighted by Gasteiger charge is 2.24. The minimum Gasteiger partial charge on any atom is -0.453 e.